The Morgan fingerprint density at radius 2 is 1.77 bits per heavy atom. The van der Waals surface area contributed by atoms with Crippen molar-refractivity contribution in [2.75, 3.05) is 20.0 Å². The SMILES string of the molecule is COc1cc2nc3c(c(N)c2cc1OC)C(=O)CC(C)(C)C3. The molecule has 0 atom stereocenters. The number of aromatic nitrogens is 1. The maximum atomic E-state index is 12.5. The minimum atomic E-state index is -0.0895. The molecule has 3 rings (SSSR count). The molecule has 22 heavy (non-hydrogen) atoms. The number of Topliss-reactive ketones (excluding diaryl/α,β-unsaturated/α-hetero) is 1. The molecule has 1 heterocycles. The zero-order chi connectivity index (χ0) is 16.1. The molecular weight excluding hydrogens is 280 g/mol. The molecule has 0 bridgehead atoms. The van der Waals surface area contributed by atoms with Crippen LogP contribution in [0.25, 0.3) is 10.9 Å². The molecule has 0 saturated carbocycles. The highest BCUT2D eigenvalue weighted by Gasteiger charge is 2.34. The summed E-state index contributed by atoms with van der Waals surface area (Å²) in [5.41, 5.74) is 8.74. The molecule has 0 radical (unpaired) electrons. The first kappa shape index (κ1) is 14.6. The molecule has 0 fully saturated rings. The molecule has 0 unspecified atom stereocenters. The molecule has 2 aromatic rings. The van der Waals surface area contributed by atoms with Gasteiger partial charge in [-0.05, 0) is 17.9 Å². The van der Waals surface area contributed by atoms with E-state index in [4.69, 9.17) is 15.2 Å². The predicted octanol–water partition coefficient (Wildman–Crippen LogP) is 2.99. The number of nitrogens with two attached hydrogens (primary N) is 1. The molecule has 0 spiro atoms. The summed E-state index contributed by atoms with van der Waals surface area (Å²) in [7, 11) is 3.15. The van der Waals surface area contributed by atoms with Crippen LogP contribution in [0.1, 0.15) is 36.3 Å². The lowest BCUT2D eigenvalue weighted by molar-refractivity contribution is 0.0912. The summed E-state index contributed by atoms with van der Waals surface area (Å²) in [6.07, 6.45) is 1.23. The van der Waals surface area contributed by atoms with E-state index in [0.717, 1.165) is 23.0 Å². The van der Waals surface area contributed by atoms with E-state index >= 15 is 0 Å². The first-order valence-corrected chi connectivity index (χ1v) is 7.23. The van der Waals surface area contributed by atoms with Crippen LogP contribution in [-0.2, 0) is 6.42 Å². The van der Waals surface area contributed by atoms with Gasteiger partial charge in [0.15, 0.2) is 17.3 Å². The number of fused-ring (bicyclic) bond motifs is 2. The average molecular weight is 300 g/mol. The molecule has 0 saturated heterocycles. The summed E-state index contributed by atoms with van der Waals surface area (Å²) in [4.78, 5) is 17.1. The van der Waals surface area contributed by atoms with Gasteiger partial charge in [-0.15, -0.1) is 0 Å². The van der Waals surface area contributed by atoms with Gasteiger partial charge in [-0.1, -0.05) is 13.8 Å². The molecule has 116 valence electrons. The lowest BCUT2D eigenvalue weighted by atomic mass is 9.75. The van der Waals surface area contributed by atoms with E-state index in [2.05, 4.69) is 18.8 Å². The van der Waals surface area contributed by atoms with Crippen LogP contribution in [0.2, 0.25) is 0 Å². The third-order valence-electron chi connectivity index (χ3n) is 4.17. The molecule has 2 N–H and O–H groups in total. The monoisotopic (exact) mass is 300 g/mol. The first-order valence-electron chi connectivity index (χ1n) is 7.23. The summed E-state index contributed by atoms with van der Waals surface area (Å²) in [6, 6.07) is 3.58. The number of ether oxygens (including phenoxy) is 2. The predicted molar refractivity (Wildman–Crippen MR) is 85.7 cm³/mol. The van der Waals surface area contributed by atoms with E-state index in [1.165, 1.54) is 0 Å². The van der Waals surface area contributed by atoms with Gasteiger partial charge in [0.05, 0.1) is 36.7 Å². The highest BCUT2D eigenvalue weighted by molar-refractivity contribution is 6.09. The van der Waals surface area contributed by atoms with Crippen molar-refractivity contribution >= 4 is 22.4 Å². The Bertz CT molecular complexity index is 781. The van der Waals surface area contributed by atoms with Crippen molar-refractivity contribution in [3.8, 4) is 11.5 Å². The largest absolute Gasteiger partial charge is 0.493 e. The number of methoxy groups -OCH3 is 2. The minimum Gasteiger partial charge on any atom is -0.493 e. The van der Waals surface area contributed by atoms with Crippen LogP contribution in [0.5, 0.6) is 11.5 Å². The number of hydrogen-bond donors (Lipinski definition) is 1. The Hall–Kier alpha value is -2.30. The van der Waals surface area contributed by atoms with Crippen LogP contribution in [0.3, 0.4) is 0 Å². The minimum absolute atomic E-state index is 0.0629. The van der Waals surface area contributed by atoms with Crippen molar-refractivity contribution in [2.45, 2.75) is 26.7 Å². The quantitative estimate of drug-likeness (QED) is 0.923. The number of hydrogen-bond acceptors (Lipinski definition) is 5. The van der Waals surface area contributed by atoms with Crippen molar-refractivity contribution in [1.82, 2.24) is 4.98 Å². The van der Waals surface area contributed by atoms with E-state index < -0.39 is 0 Å². The van der Waals surface area contributed by atoms with Gasteiger partial charge >= 0.3 is 0 Å². The zero-order valence-electron chi connectivity index (χ0n) is 13.3. The molecule has 1 aromatic carbocycles. The van der Waals surface area contributed by atoms with Crippen molar-refractivity contribution < 1.29 is 14.3 Å². The second kappa shape index (κ2) is 4.87. The normalized spacial score (nSPS) is 16.5. The number of pyridine rings is 1. The second-order valence-electron chi connectivity index (χ2n) is 6.51. The Morgan fingerprint density at radius 1 is 1.14 bits per heavy atom. The van der Waals surface area contributed by atoms with Crippen LogP contribution < -0.4 is 15.2 Å². The van der Waals surface area contributed by atoms with Gasteiger partial charge in [-0.25, -0.2) is 0 Å². The Kier molecular flexibility index (Phi) is 3.24. The third kappa shape index (κ3) is 2.17. The number of anilines is 1. The van der Waals surface area contributed by atoms with Crippen molar-refractivity contribution in [3.63, 3.8) is 0 Å². The first-order chi connectivity index (χ1) is 10.4. The van der Waals surface area contributed by atoms with Gasteiger partial charge in [0.1, 0.15) is 0 Å². The number of rotatable bonds is 2. The van der Waals surface area contributed by atoms with Gasteiger partial charge in [0.2, 0.25) is 0 Å². The summed E-state index contributed by atoms with van der Waals surface area (Å²) in [6.45, 7) is 4.15. The maximum absolute atomic E-state index is 12.5. The number of carbonyl (C=O) groups excluding carboxylic acids is 1. The Labute approximate surface area is 129 Å². The molecule has 1 aliphatic carbocycles. The molecule has 1 aliphatic rings. The van der Waals surface area contributed by atoms with E-state index in [0.29, 0.717) is 29.2 Å². The van der Waals surface area contributed by atoms with Crippen LogP contribution in [0, 0.1) is 5.41 Å². The van der Waals surface area contributed by atoms with Gasteiger partial charge in [0.25, 0.3) is 0 Å². The van der Waals surface area contributed by atoms with Gasteiger partial charge in [0, 0.05) is 17.9 Å². The highest BCUT2D eigenvalue weighted by atomic mass is 16.5. The van der Waals surface area contributed by atoms with Crippen molar-refractivity contribution in [3.05, 3.63) is 23.4 Å². The van der Waals surface area contributed by atoms with Gasteiger partial charge in [-0.2, -0.15) is 0 Å². The third-order valence-corrected chi connectivity index (χ3v) is 4.17. The van der Waals surface area contributed by atoms with Crippen molar-refractivity contribution in [1.29, 1.82) is 0 Å². The number of benzene rings is 1. The lowest BCUT2D eigenvalue weighted by Crippen LogP contribution is -2.28. The fourth-order valence-electron chi connectivity index (χ4n) is 3.15. The standard InChI is InChI=1S/C17H20N2O3/c1-17(2)7-11-15(12(20)8-17)16(18)9-5-13(21-3)14(22-4)6-10(9)19-11/h5-6H,7-8H2,1-4H3,(H2,18,19). The number of ketones is 1. The molecule has 5 nitrogen and oxygen atoms in total. The Morgan fingerprint density at radius 3 is 2.41 bits per heavy atom. The Balaban J connectivity index is 2.31. The highest BCUT2D eigenvalue weighted by Crippen LogP contribution is 2.41. The smallest absolute Gasteiger partial charge is 0.167 e. The topological polar surface area (TPSA) is 74.4 Å². The fraction of sp³-hybridized carbons (Fsp3) is 0.412. The summed E-state index contributed by atoms with van der Waals surface area (Å²) < 4.78 is 10.6. The van der Waals surface area contributed by atoms with E-state index in [1.54, 1.807) is 26.4 Å². The number of carbonyl (C=O) groups is 1. The maximum Gasteiger partial charge on any atom is 0.167 e. The van der Waals surface area contributed by atoms with Crippen LogP contribution >= 0.6 is 0 Å². The lowest BCUT2D eigenvalue weighted by Gasteiger charge is -2.30. The van der Waals surface area contributed by atoms with E-state index in [1.807, 2.05) is 0 Å². The summed E-state index contributed by atoms with van der Waals surface area (Å²) in [5, 5.41) is 0.726. The molecule has 0 amide bonds. The van der Waals surface area contributed by atoms with Crippen LogP contribution in [0.15, 0.2) is 12.1 Å². The number of nitrogen functional groups attached to an aromatic ring is 1. The van der Waals surface area contributed by atoms with E-state index in [9.17, 15) is 4.79 Å². The van der Waals surface area contributed by atoms with Crippen LogP contribution in [-0.4, -0.2) is 25.0 Å². The zero-order valence-corrected chi connectivity index (χ0v) is 13.3. The second-order valence-corrected chi connectivity index (χ2v) is 6.51. The van der Waals surface area contributed by atoms with Crippen LogP contribution in [0.4, 0.5) is 5.69 Å². The molecule has 1 aromatic heterocycles. The van der Waals surface area contributed by atoms with Gasteiger partial charge < -0.3 is 15.2 Å². The number of nitrogens with zero attached hydrogens (tertiary/aromatic N) is 1. The van der Waals surface area contributed by atoms with Gasteiger partial charge in [-0.3, -0.25) is 9.78 Å². The van der Waals surface area contributed by atoms with Crippen molar-refractivity contribution in [2.24, 2.45) is 5.41 Å². The molecule has 5 heteroatoms. The average Bonchev–Trinajstić information content (AvgIpc) is 2.44. The summed E-state index contributed by atoms with van der Waals surface area (Å²) >= 11 is 0. The molecule has 0 aliphatic heterocycles. The van der Waals surface area contributed by atoms with E-state index in [-0.39, 0.29) is 11.2 Å². The summed E-state index contributed by atoms with van der Waals surface area (Å²) in [5.74, 6) is 1.24. The fourth-order valence-corrected chi connectivity index (χ4v) is 3.15. The molecular formula is C17H20N2O3.